The molecule has 3 atom stereocenters. The highest BCUT2D eigenvalue weighted by atomic mass is 32.2. The molecule has 114 valence electrons. The molecule has 3 rings (SSSR count). The summed E-state index contributed by atoms with van der Waals surface area (Å²) in [4.78, 5) is 24.1. The molecule has 1 aromatic heterocycles. The molecule has 0 radical (unpaired) electrons. The predicted molar refractivity (Wildman–Crippen MR) is 68.8 cm³/mol. The number of amides is 1. The number of nitrogens with zero attached hydrogens (tertiary/aromatic N) is 4. The molecule has 21 heavy (non-hydrogen) atoms. The summed E-state index contributed by atoms with van der Waals surface area (Å²) in [6.07, 6.45) is 1.30. The molecule has 9 nitrogen and oxygen atoms in total. The fourth-order valence-electron chi connectivity index (χ4n) is 3.05. The van der Waals surface area contributed by atoms with E-state index in [0.717, 1.165) is 4.90 Å². The van der Waals surface area contributed by atoms with Gasteiger partial charge < -0.3 is 10.0 Å². The van der Waals surface area contributed by atoms with Gasteiger partial charge in [0.1, 0.15) is 10.1 Å². The maximum Gasteiger partial charge on any atom is 0.328 e. The monoisotopic (exact) mass is 314 g/mol. The second kappa shape index (κ2) is 4.03. The van der Waals surface area contributed by atoms with Gasteiger partial charge in [-0.3, -0.25) is 4.79 Å². The van der Waals surface area contributed by atoms with E-state index in [1.54, 1.807) is 6.92 Å². The normalized spacial score (nSPS) is 33.6. The van der Waals surface area contributed by atoms with Crippen LogP contribution in [0.5, 0.6) is 0 Å². The van der Waals surface area contributed by atoms with Crippen molar-refractivity contribution in [1.29, 1.82) is 0 Å². The lowest BCUT2D eigenvalue weighted by Gasteiger charge is -2.35. The van der Waals surface area contributed by atoms with Crippen molar-refractivity contribution in [1.82, 2.24) is 19.9 Å². The van der Waals surface area contributed by atoms with Crippen molar-refractivity contribution in [3.63, 3.8) is 0 Å². The standard InChI is InChI=1S/C11H14N4O5S/c1-6-4-12-13-14(6)5-11(2)9(10(17)18)15-7(16)3-8(15)21(11,19)20/h4,8-9H,3,5H2,1-2H3,(H,17,18)/t8-,9+,11+/m1/s1. The fraction of sp³-hybridized carbons (Fsp3) is 0.636. The third-order valence-electron chi connectivity index (χ3n) is 4.32. The second-order valence-electron chi connectivity index (χ2n) is 5.59. The Kier molecular flexibility index (Phi) is 2.68. The van der Waals surface area contributed by atoms with Gasteiger partial charge in [-0.05, 0) is 13.8 Å². The van der Waals surface area contributed by atoms with Gasteiger partial charge in [0.25, 0.3) is 0 Å². The van der Waals surface area contributed by atoms with Crippen molar-refractivity contribution in [3.8, 4) is 0 Å². The van der Waals surface area contributed by atoms with E-state index in [0.29, 0.717) is 5.69 Å². The average molecular weight is 314 g/mol. The number of aryl methyl sites for hydroxylation is 1. The Morgan fingerprint density at radius 1 is 1.57 bits per heavy atom. The molecule has 1 aromatic rings. The first-order valence-electron chi connectivity index (χ1n) is 6.32. The maximum atomic E-state index is 12.7. The Morgan fingerprint density at radius 2 is 2.24 bits per heavy atom. The summed E-state index contributed by atoms with van der Waals surface area (Å²) >= 11 is 0. The molecule has 0 bridgehead atoms. The van der Waals surface area contributed by atoms with E-state index in [1.807, 2.05) is 0 Å². The Labute approximate surface area is 120 Å². The zero-order valence-electron chi connectivity index (χ0n) is 11.4. The van der Waals surface area contributed by atoms with Crippen molar-refractivity contribution in [2.75, 3.05) is 0 Å². The lowest BCUT2D eigenvalue weighted by Crippen LogP contribution is -2.58. The number of β-lactam (4-membered cyclic amide) rings is 1. The third kappa shape index (κ3) is 1.59. The van der Waals surface area contributed by atoms with Crippen LogP contribution in [0.15, 0.2) is 6.20 Å². The van der Waals surface area contributed by atoms with Crippen LogP contribution >= 0.6 is 0 Å². The first-order valence-corrected chi connectivity index (χ1v) is 7.87. The molecule has 1 amide bonds. The van der Waals surface area contributed by atoms with Crippen molar-refractivity contribution < 1.29 is 23.1 Å². The minimum absolute atomic E-state index is 0.154. The first-order chi connectivity index (χ1) is 9.70. The Bertz CT molecular complexity index is 742. The van der Waals surface area contributed by atoms with Crippen LogP contribution in [-0.2, 0) is 26.0 Å². The number of carboxylic acids is 1. The molecular formula is C11H14N4O5S. The van der Waals surface area contributed by atoms with Crippen LogP contribution in [0.25, 0.3) is 0 Å². The Morgan fingerprint density at radius 3 is 2.71 bits per heavy atom. The molecule has 2 aliphatic rings. The van der Waals surface area contributed by atoms with E-state index in [-0.39, 0.29) is 13.0 Å². The maximum absolute atomic E-state index is 12.7. The predicted octanol–water partition coefficient (Wildman–Crippen LogP) is -1.21. The average Bonchev–Trinajstić information content (AvgIpc) is 2.81. The lowest BCUT2D eigenvalue weighted by molar-refractivity contribution is -0.157. The third-order valence-corrected chi connectivity index (χ3v) is 7.08. The van der Waals surface area contributed by atoms with Gasteiger partial charge in [-0.25, -0.2) is 17.9 Å². The van der Waals surface area contributed by atoms with E-state index >= 15 is 0 Å². The van der Waals surface area contributed by atoms with Crippen LogP contribution in [0.1, 0.15) is 19.0 Å². The minimum atomic E-state index is -3.81. The van der Waals surface area contributed by atoms with E-state index in [2.05, 4.69) is 10.3 Å². The van der Waals surface area contributed by atoms with Gasteiger partial charge in [0.2, 0.25) is 5.91 Å². The molecule has 3 heterocycles. The van der Waals surface area contributed by atoms with Gasteiger partial charge in [-0.15, -0.1) is 5.10 Å². The van der Waals surface area contributed by atoms with Crippen LogP contribution in [0.2, 0.25) is 0 Å². The van der Waals surface area contributed by atoms with E-state index in [1.165, 1.54) is 17.8 Å². The first kappa shape index (κ1) is 14.0. The molecule has 0 aliphatic carbocycles. The molecule has 2 saturated heterocycles. The minimum Gasteiger partial charge on any atom is -0.480 e. The SMILES string of the molecule is Cc1cnnn1C[C@@]1(C)[C@H](C(=O)O)N2C(=O)C[C@H]2S1(=O)=O. The molecular weight excluding hydrogens is 300 g/mol. The number of rotatable bonds is 3. The zero-order chi connectivity index (χ0) is 15.6. The van der Waals surface area contributed by atoms with Gasteiger partial charge >= 0.3 is 5.97 Å². The quantitative estimate of drug-likeness (QED) is 0.694. The van der Waals surface area contributed by atoms with Gasteiger partial charge in [-0.2, -0.15) is 0 Å². The van der Waals surface area contributed by atoms with Crippen LogP contribution in [0.3, 0.4) is 0 Å². The van der Waals surface area contributed by atoms with Gasteiger partial charge in [0, 0.05) is 0 Å². The summed E-state index contributed by atoms with van der Waals surface area (Å²) in [5.74, 6) is -1.77. The van der Waals surface area contributed by atoms with Crippen molar-refractivity contribution in [2.24, 2.45) is 0 Å². The molecule has 1 N–H and O–H groups in total. The van der Waals surface area contributed by atoms with E-state index in [4.69, 9.17) is 0 Å². The number of aromatic nitrogens is 3. The Balaban J connectivity index is 2.11. The number of sulfone groups is 1. The summed E-state index contributed by atoms with van der Waals surface area (Å²) in [6, 6.07) is -1.41. The number of carbonyl (C=O) groups excluding carboxylic acids is 1. The largest absolute Gasteiger partial charge is 0.480 e. The van der Waals surface area contributed by atoms with Crippen molar-refractivity contribution >= 4 is 21.7 Å². The number of carboxylic acid groups (broad SMARTS) is 1. The lowest BCUT2D eigenvalue weighted by atomic mass is 9.96. The number of carbonyl (C=O) groups is 2. The molecule has 0 aromatic carbocycles. The molecule has 0 saturated carbocycles. The molecule has 2 fully saturated rings. The highest BCUT2D eigenvalue weighted by molar-refractivity contribution is 7.93. The van der Waals surface area contributed by atoms with Crippen LogP contribution in [-0.4, -0.2) is 61.5 Å². The highest BCUT2D eigenvalue weighted by Crippen LogP contribution is 2.46. The summed E-state index contributed by atoms with van der Waals surface area (Å²) in [5, 5.41) is 15.8. The van der Waals surface area contributed by atoms with Gasteiger partial charge in [0.15, 0.2) is 15.9 Å². The Hall–Kier alpha value is -1.97. The van der Waals surface area contributed by atoms with Crippen molar-refractivity contribution in [3.05, 3.63) is 11.9 Å². The van der Waals surface area contributed by atoms with Gasteiger partial charge in [0.05, 0.1) is 24.9 Å². The van der Waals surface area contributed by atoms with Crippen LogP contribution in [0.4, 0.5) is 0 Å². The smallest absolute Gasteiger partial charge is 0.328 e. The molecule has 10 heteroatoms. The zero-order valence-corrected chi connectivity index (χ0v) is 12.2. The molecule has 0 unspecified atom stereocenters. The van der Waals surface area contributed by atoms with Crippen LogP contribution < -0.4 is 0 Å². The summed E-state index contributed by atoms with van der Waals surface area (Å²) in [5.41, 5.74) is 0.621. The molecule has 0 spiro atoms. The van der Waals surface area contributed by atoms with E-state index in [9.17, 15) is 23.1 Å². The fourth-order valence-corrected chi connectivity index (χ4v) is 5.40. The number of hydrogen-bond acceptors (Lipinski definition) is 6. The highest BCUT2D eigenvalue weighted by Gasteiger charge is 2.70. The molecule has 2 aliphatic heterocycles. The number of hydrogen-bond donors (Lipinski definition) is 1. The summed E-state index contributed by atoms with van der Waals surface area (Å²) in [7, 11) is -3.81. The van der Waals surface area contributed by atoms with Gasteiger partial charge in [-0.1, -0.05) is 5.21 Å². The topological polar surface area (TPSA) is 122 Å². The van der Waals surface area contributed by atoms with E-state index < -0.39 is 37.9 Å². The van der Waals surface area contributed by atoms with Crippen LogP contribution in [0, 0.1) is 6.92 Å². The van der Waals surface area contributed by atoms with Crippen molar-refractivity contribution in [2.45, 2.75) is 43.0 Å². The number of aliphatic carboxylic acids is 1. The second-order valence-corrected chi connectivity index (χ2v) is 8.16. The summed E-state index contributed by atoms with van der Waals surface area (Å²) < 4.78 is 25.0. The summed E-state index contributed by atoms with van der Waals surface area (Å²) in [6.45, 7) is 2.90. The number of fused-ring (bicyclic) bond motifs is 1.